The SMILES string of the molecule is CC(N)C(C)C(=O)NC1CC2CCC1C2.Cl. The Morgan fingerprint density at radius 1 is 1.31 bits per heavy atom. The molecule has 16 heavy (non-hydrogen) atoms. The Labute approximate surface area is 104 Å². The molecule has 1 amide bonds. The van der Waals surface area contributed by atoms with E-state index in [-0.39, 0.29) is 30.3 Å². The van der Waals surface area contributed by atoms with Gasteiger partial charge in [-0.25, -0.2) is 0 Å². The first-order chi connectivity index (χ1) is 7.08. The zero-order chi connectivity index (χ0) is 11.0. The molecule has 4 heteroatoms. The van der Waals surface area contributed by atoms with Crippen molar-refractivity contribution in [2.45, 2.75) is 51.6 Å². The van der Waals surface area contributed by atoms with Gasteiger partial charge in [0.25, 0.3) is 0 Å². The highest BCUT2D eigenvalue weighted by atomic mass is 35.5. The zero-order valence-electron chi connectivity index (χ0n) is 10.1. The van der Waals surface area contributed by atoms with Crippen molar-refractivity contribution in [1.82, 2.24) is 5.32 Å². The van der Waals surface area contributed by atoms with Crippen molar-refractivity contribution in [3.8, 4) is 0 Å². The van der Waals surface area contributed by atoms with Gasteiger partial charge in [-0.2, -0.15) is 0 Å². The fraction of sp³-hybridized carbons (Fsp3) is 0.917. The van der Waals surface area contributed by atoms with Gasteiger partial charge in [0.05, 0.1) is 0 Å². The lowest BCUT2D eigenvalue weighted by Crippen LogP contribution is -2.45. The van der Waals surface area contributed by atoms with Crippen molar-refractivity contribution in [2.75, 3.05) is 0 Å². The summed E-state index contributed by atoms with van der Waals surface area (Å²) in [6.45, 7) is 3.80. The second-order valence-electron chi connectivity index (χ2n) is 5.44. The molecule has 5 unspecified atom stereocenters. The molecule has 2 saturated carbocycles. The molecule has 0 radical (unpaired) electrons. The predicted octanol–water partition coefficient (Wildman–Crippen LogP) is 1.70. The van der Waals surface area contributed by atoms with Crippen molar-refractivity contribution in [3.63, 3.8) is 0 Å². The summed E-state index contributed by atoms with van der Waals surface area (Å²) in [5.74, 6) is 1.71. The van der Waals surface area contributed by atoms with E-state index in [9.17, 15) is 4.79 Å². The van der Waals surface area contributed by atoms with Crippen LogP contribution < -0.4 is 11.1 Å². The summed E-state index contributed by atoms with van der Waals surface area (Å²) in [6, 6.07) is 0.390. The van der Waals surface area contributed by atoms with Crippen molar-refractivity contribution in [2.24, 2.45) is 23.5 Å². The first kappa shape index (κ1) is 13.8. The predicted molar refractivity (Wildman–Crippen MR) is 67.4 cm³/mol. The lowest BCUT2D eigenvalue weighted by molar-refractivity contribution is -0.126. The molecular weight excluding hydrogens is 224 g/mol. The average molecular weight is 247 g/mol. The van der Waals surface area contributed by atoms with Crippen LogP contribution in [0.4, 0.5) is 0 Å². The van der Waals surface area contributed by atoms with Crippen LogP contribution in [0.5, 0.6) is 0 Å². The Kier molecular flexibility index (Phi) is 4.62. The molecule has 3 nitrogen and oxygen atoms in total. The van der Waals surface area contributed by atoms with E-state index in [1.165, 1.54) is 25.7 Å². The van der Waals surface area contributed by atoms with E-state index < -0.39 is 0 Å². The van der Waals surface area contributed by atoms with Gasteiger partial charge in [0.1, 0.15) is 0 Å². The molecule has 0 aromatic heterocycles. The highest BCUT2D eigenvalue weighted by Gasteiger charge is 2.40. The van der Waals surface area contributed by atoms with Crippen molar-refractivity contribution < 1.29 is 4.79 Å². The number of carbonyl (C=O) groups is 1. The molecule has 2 aliphatic rings. The van der Waals surface area contributed by atoms with Gasteiger partial charge in [-0.05, 0) is 38.0 Å². The summed E-state index contributed by atoms with van der Waals surface area (Å²) < 4.78 is 0. The highest BCUT2D eigenvalue weighted by Crippen LogP contribution is 2.44. The third kappa shape index (κ3) is 2.69. The minimum Gasteiger partial charge on any atom is -0.353 e. The van der Waals surface area contributed by atoms with E-state index in [0.29, 0.717) is 6.04 Å². The zero-order valence-corrected chi connectivity index (χ0v) is 10.9. The van der Waals surface area contributed by atoms with Crippen LogP contribution >= 0.6 is 12.4 Å². The number of nitrogens with two attached hydrogens (primary N) is 1. The fourth-order valence-electron chi connectivity index (χ4n) is 2.97. The van der Waals surface area contributed by atoms with E-state index in [1.807, 2.05) is 13.8 Å². The van der Waals surface area contributed by atoms with Crippen LogP contribution in [0.15, 0.2) is 0 Å². The van der Waals surface area contributed by atoms with E-state index in [4.69, 9.17) is 5.73 Å². The molecule has 2 aliphatic carbocycles. The van der Waals surface area contributed by atoms with Crippen LogP contribution in [-0.2, 0) is 4.79 Å². The van der Waals surface area contributed by atoms with E-state index in [2.05, 4.69) is 5.32 Å². The Hall–Kier alpha value is -0.280. The van der Waals surface area contributed by atoms with Gasteiger partial charge >= 0.3 is 0 Å². The quantitative estimate of drug-likeness (QED) is 0.797. The van der Waals surface area contributed by atoms with Crippen LogP contribution in [0.2, 0.25) is 0 Å². The second-order valence-corrected chi connectivity index (χ2v) is 5.44. The van der Waals surface area contributed by atoms with Crippen molar-refractivity contribution in [3.05, 3.63) is 0 Å². The van der Waals surface area contributed by atoms with E-state index in [0.717, 1.165) is 11.8 Å². The third-order valence-electron chi connectivity index (χ3n) is 4.27. The molecule has 0 aromatic rings. The topological polar surface area (TPSA) is 55.1 Å². The van der Waals surface area contributed by atoms with Crippen LogP contribution in [0.1, 0.15) is 39.5 Å². The maximum Gasteiger partial charge on any atom is 0.224 e. The normalized spacial score (nSPS) is 35.3. The molecule has 0 heterocycles. The molecule has 3 N–H and O–H groups in total. The van der Waals surface area contributed by atoms with Gasteiger partial charge < -0.3 is 11.1 Å². The van der Waals surface area contributed by atoms with Crippen LogP contribution in [-0.4, -0.2) is 18.0 Å². The largest absolute Gasteiger partial charge is 0.353 e. The minimum atomic E-state index is -0.0656. The highest BCUT2D eigenvalue weighted by molar-refractivity contribution is 5.85. The molecule has 0 spiro atoms. The summed E-state index contributed by atoms with van der Waals surface area (Å²) in [5.41, 5.74) is 5.73. The maximum absolute atomic E-state index is 11.8. The van der Waals surface area contributed by atoms with Gasteiger partial charge in [0.15, 0.2) is 0 Å². The molecule has 0 aliphatic heterocycles. The number of fused-ring (bicyclic) bond motifs is 2. The molecule has 2 fully saturated rings. The van der Waals surface area contributed by atoms with Crippen LogP contribution in [0.3, 0.4) is 0 Å². The molecular formula is C12H23ClN2O. The number of amides is 1. The Balaban J connectivity index is 0.00000128. The second kappa shape index (κ2) is 5.37. The summed E-state index contributed by atoms with van der Waals surface area (Å²) in [7, 11) is 0. The number of halogens is 1. The Morgan fingerprint density at radius 3 is 2.44 bits per heavy atom. The molecule has 0 saturated heterocycles. The fourth-order valence-corrected chi connectivity index (χ4v) is 2.97. The Morgan fingerprint density at radius 2 is 2.00 bits per heavy atom. The molecule has 2 rings (SSSR count). The van der Waals surface area contributed by atoms with Gasteiger partial charge in [0, 0.05) is 18.0 Å². The molecule has 0 aromatic carbocycles. The van der Waals surface area contributed by atoms with Crippen molar-refractivity contribution in [1.29, 1.82) is 0 Å². The van der Waals surface area contributed by atoms with Gasteiger partial charge in [0.2, 0.25) is 5.91 Å². The number of nitrogens with one attached hydrogen (secondary N) is 1. The summed E-state index contributed by atoms with van der Waals surface area (Å²) in [4.78, 5) is 11.8. The van der Waals surface area contributed by atoms with Crippen LogP contribution in [0.25, 0.3) is 0 Å². The molecule has 94 valence electrons. The lowest BCUT2D eigenvalue weighted by Gasteiger charge is -2.25. The Bertz CT molecular complexity index is 257. The van der Waals surface area contributed by atoms with Gasteiger partial charge in [-0.1, -0.05) is 13.3 Å². The standard InChI is InChI=1S/C12H22N2O.ClH/c1-7(8(2)13)12(15)14-11-6-9-3-4-10(11)5-9;/h7-11H,3-6,13H2,1-2H3,(H,14,15);1H. The first-order valence-corrected chi connectivity index (χ1v) is 6.14. The smallest absolute Gasteiger partial charge is 0.224 e. The number of hydrogen-bond donors (Lipinski definition) is 2. The monoisotopic (exact) mass is 246 g/mol. The van der Waals surface area contributed by atoms with Crippen LogP contribution in [0, 0.1) is 17.8 Å². The van der Waals surface area contributed by atoms with Gasteiger partial charge in [-0.15, -0.1) is 12.4 Å². The number of carbonyl (C=O) groups excluding carboxylic acids is 1. The number of hydrogen-bond acceptors (Lipinski definition) is 2. The minimum absolute atomic E-state index is 0. The summed E-state index contributed by atoms with van der Waals surface area (Å²) >= 11 is 0. The lowest BCUT2D eigenvalue weighted by atomic mass is 9.94. The average Bonchev–Trinajstić information content (AvgIpc) is 2.77. The van der Waals surface area contributed by atoms with E-state index >= 15 is 0 Å². The molecule has 2 bridgehead atoms. The maximum atomic E-state index is 11.8. The van der Waals surface area contributed by atoms with Gasteiger partial charge in [-0.3, -0.25) is 4.79 Å². The summed E-state index contributed by atoms with van der Waals surface area (Å²) in [5, 5.41) is 3.17. The van der Waals surface area contributed by atoms with Crippen molar-refractivity contribution >= 4 is 18.3 Å². The first-order valence-electron chi connectivity index (χ1n) is 6.14. The third-order valence-corrected chi connectivity index (χ3v) is 4.27. The number of rotatable bonds is 3. The summed E-state index contributed by atoms with van der Waals surface area (Å²) in [6.07, 6.45) is 5.21. The molecule has 5 atom stereocenters. The van der Waals surface area contributed by atoms with E-state index in [1.54, 1.807) is 0 Å².